The molecule has 7 heteroatoms. The van der Waals surface area contributed by atoms with Crippen LogP contribution < -0.4 is 5.32 Å². The van der Waals surface area contributed by atoms with Crippen molar-refractivity contribution in [2.24, 2.45) is 5.92 Å². The van der Waals surface area contributed by atoms with Crippen molar-refractivity contribution in [1.82, 2.24) is 15.1 Å². The van der Waals surface area contributed by atoms with E-state index in [9.17, 15) is 19.6 Å². The first-order valence-corrected chi connectivity index (χ1v) is 7.11. The van der Waals surface area contributed by atoms with E-state index in [4.69, 9.17) is 0 Å². The van der Waals surface area contributed by atoms with Crippen LogP contribution in [0, 0.1) is 17.2 Å². The average molecular weight is 292 g/mol. The number of hydrogen-bond donors (Lipinski definition) is 1. The Morgan fingerprint density at radius 2 is 2.10 bits per heavy atom. The zero-order chi connectivity index (χ0) is 15.8. The van der Waals surface area contributed by atoms with E-state index in [1.807, 2.05) is 13.8 Å². The van der Waals surface area contributed by atoms with Crippen LogP contribution in [0.2, 0.25) is 0 Å². The molecule has 2 fully saturated rings. The molecule has 2 rings (SSSR count). The summed E-state index contributed by atoms with van der Waals surface area (Å²) in [7, 11) is 0. The van der Waals surface area contributed by atoms with Gasteiger partial charge in [0.1, 0.15) is 18.6 Å². The maximum atomic E-state index is 12.1. The highest BCUT2D eigenvalue weighted by molar-refractivity contribution is 6.04. The maximum absolute atomic E-state index is 12.1. The standard InChI is InChI=1S/C14H20N4O3/c1-9(2)14(3,8-15)16-11(19)6-18-12(20)7-17(13(18)21)10-4-5-10/h9-10H,4-7H2,1-3H3,(H,16,19). The molecule has 0 bridgehead atoms. The van der Waals surface area contributed by atoms with Gasteiger partial charge < -0.3 is 10.2 Å². The van der Waals surface area contributed by atoms with E-state index in [2.05, 4.69) is 11.4 Å². The molecule has 1 saturated heterocycles. The molecule has 1 aliphatic carbocycles. The Bertz CT molecular complexity index is 521. The summed E-state index contributed by atoms with van der Waals surface area (Å²) >= 11 is 0. The van der Waals surface area contributed by atoms with Crippen molar-refractivity contribution in [3.8, 4) is 6.07 Å². The number of nitriles is 1. The van der Waals surface area contributed by atoms with Gasteiger partial charge >= 0.3 is 6.03 Å². The first-order chi connectivity index (χ1) is 9.78. The summed E-state index contributed by atoms with van der Waals surface area (Å²) in [5, 5.41) is 11.8. The number of amides is 4. The van der Waals surface area contributed by atoms with Crippen LogP contribution in [-0.4, -0.2) is 52.3 Å². The molecule has 0 radical (unpaired) electrons. The SMILES string of the molecule is CC(C)C(C)(C#N)NC(=O)CN1C(=O)CN(C2CC2)C1=O. The molecule has 0 aromatic carbocycles. The smallest absolute Gasteiger partial charge is 0.327 e. The third-order valence-corrected chi connectivity index (χ3v) is 4.16. The fraction of sp³-hybridized carbons (Fsp3) is 0.714. The Hall–Kier alpha value is -2.10. The highest BCUT2D eigenvalue weighted by Gasteiger charge is 2.44. The molecule has 7 nitrogen and oxygen atoms in total. The van der Waals surface area contributed by atoms with Gasteiger partial charge in [-0.3, -0.25) is 14.5 Å². The molecule has 1 heterocycles. The van der Waals surface area contributed by atoms with Crippen molar-refractivity contribution >= 4 is 17.8 Å². The van der Waals surface area contributed by atoms with Crippen molar-refractivity contribution in [2.45, 2.75) is 45.2 Å². The minimum Gasteiger partial charge on any atom is -0.336 e. The van der Waals surface area contributed by atoms with E-state index in [1.165, 1.54) is 4.90 Å². The average Bonchev–Trinajstić information content (AvgIpc) is 3.21. The Balaban J connectivity index is 1.98. The molecule has 0 spiro atoms. The van der Waals surface area contributed by atoms with Gasteiger partial charge in [0, 0.05) is 6.04 Å². The second-order valence-electron chi connectivity index (χ2n) is 6.14. The molecule has 114 valence electrons. The lowest BCUT2D eigenvalue weighted by molar-refractivity contribution is -0.131. The minimum atomic E-state index is -1.01. The summed E-state index contributed by atoms with van der Waals surface area (Å²) in [5.74, 6) is -0.934. The summed E-state index contributed by atoms with van der Waals surface area (Å²) in [6.45, 7) is 5.00. The monoisotopic (exact) mass is 292 g/mol. The molecular formula is C14H20N4O3. The van der Waals surface area contributed by atoms with Crippen LogP contribution in [-0.2, 0) is 9.59 Å². The van der Waals surface area contributed by atoms with E-state index < -0.39 is 17.5 Å². The van der Waals surface area contributed by atoms with Gasteiger partial charge in [0.05, 0.1) is 6.07 Å². The molecule has 0 aromatic heterocycles. The second-order valence-corrected chi connectivity index (χ2v) is 6.14. The van der Waals surface area contributed by atoms with Crippen molar-refractivity contribution < 1.29 is 14.4 Å². The van der Waals surface area contributed by atoms with Gasteiger partial charge in [-0.1, -0.05) is 13.8 Å². The van der Waals surface area contributed by atoms with Gasteiger partial charge in [-0.15, -0.1) is 0 Å². The van der Waals surface area contributed by atoms with E-state index in [1.54, 1.807) is 6.92 Å². The van der Waals surface area contributed by atoms with Gasteiger partial charge in [-0.05, 0) is 25.7 Å². The number of nitrogens with zero attached hydrogens (tertiary/aromatic N) is 3. The first kappa shape index (κ1) is 15.3. The molecular weight excluding hydrogens is 272 g/mol. The van der Waals surface area contributed by atoms with Crippen LogP contribution in [0.25, 0.3) is 0 Å². The van der Waals surface area contributed by atoms with Crippen molar-refractivity contribution in [2.75, 3.05) is 13.1 Å². The molecule has 1 atom stereocenters. The van der Waals surface area contributed by atoms with Crippen LogP contribution in [0.3, 0.4) is 0 Å². The Kier molecular flexibility index (Phi) is 3.90. The van der Waals surface area contributed by atoms with E-state index in [-0.39, 0.29) is 31.0 Å². The summed E-state index contributed by atoms with van der Waals surface area (Å²) in [6, 6.07) is 1.81. The number of rotatable bonds is 5. The summed E-state index contributed by atoms with van der Waals surface area (Å²) in [5.41, 5.74) is -1.01. The van der Waals surface area contributed by atoms with Crippen molar-refractivity contribution in [1.29, 1.82) is 5.26 Å². The normalized spacial score (nSPS) is 21.5. The summed E-state index contributed by atoms with van der Waals surface area (Å²) < 4.78 is 0. The fourth-order valence-corrected chi connectivity index (χ4v) is 2.16. The largest absolute Gasteiger partial charge is 0.336 e. The van der Waals surface area contributed by atoms with Crippen molar-refractivity contribution in [3.05, 3.63) is 0 Å². The fourth-order valence-electron chi connectivity index (χ4n) is 2.16. The van der Waals surface area contributed by atoms with Crippen LogP contribution in [0.1, 0.15) is 33.6 Å². The predicted molar refractivity (Wildman–Crippen MR) is 73.8 cm³/mol. The molecule has 4 amide bonds. The molecule has 0 aromatic rings. The number of hydrogen-bond acceptors (Lipinski definition) is 4. The van der Waals surface area contributed by atoms with Gasteiger partial charge in [0.2, 0.25) is 5.91 Å². The Morgan fingerprint density at radius 3 is 2.57 bits per heavy atom. The molecule has 1 saturated carbocycles. The highest BCUT2D eigenvalue weighted by atomic mass is 16.2. The molecule has 1 N–H and O–H groups in total. The topological polar surface area (TPSA) is 93.5 Å². The predicted octanol–water partition coefficient (Wildman–Crippen LogP) is 0.467. The van der Waals surface area contributed by atoms with E-state index in [0.717, 1.165) is 17.7 Å². The Morgan fingerprint density at radius 1 is 1.48 bits per heavy atom. The number of imide groups is 1. The third kappa shape index (κ3) is 2.99. The van der Waals surface area contributed by atoms with Gasteiger partial charge in [0.15, 0.2) is 0 Å². The lowest BCUT2D eigenvalue weighted by Gasteiger charge is -2.28. The number of urea groups is 1. The van der Waals surface area contributed by atoms with E-state index >= 15 is 0 Å². The number of carbonyl (C=O) groups excluding carboxylic acids is 3. The molecule has 1 unspecified atom stereocenters. The summed E-state index contributed by atoms with van der Waals surface area (Å²) in [6.07, 6.45) is 1.83. The van der Waals surface area contributed by atoms with Crippen LogP contribution in [0.5, 0.6) is 0 Å². The number of nitrogens with one attached hydrogen (secondary N) is 1. The van der Waals surface area contributed by atoms with Crippen molar-refractivity contribution in [3.63, 3.8) is 0 Å². The second kappa shape index (κ2) is 5.35. The molecule has 1 aliphatic heterocycles. The van der Waals surface area contributed by atoms with Gasteiger partial charge in [-0.2, -0.15) is 5.26 Å². The zero-order valence-corrected chi connectivity index (χ0v) is 12.5. The van der Waals surface area contributed by atoms with Gasteiger partial charge in [0.25, 0.3) is 5.91 Å². The minimum absolute atomic E-state index is 0.0521. The third-order valence-electron chi connectivity index (χ3n) is 4.16. The maximum Gasteiger partial charge on any atom is 0.327 e. The quantitative estimate of drug-likeness (QED) is 0.745. The molecule has 2 aliphatic rings. The van der Waals surface area contributed by atoms with Gasteiger partial charge in [-0.25, -0.2) is 4.79 Å². The lowest BCUT2D eigenvalue weighted by atomic mass is 9.90. The van der Waals surface area contributed by atoms with E-state index in [0.29, 0.717) is 0 Å². The first-order valence-electron chi connectivity index (χ1n) is 7.11. The van der Waals surface area contributed by atoms with Crippen LogP contribution >= 0.6 is 0 Å². The van der Waals surface area contributed by atoms with Crippen LogP contribution in [0.15, 0.2) is 0 Å². The lowest BCUT2D eigenvalue weighted by Crippen LogP contribution is -2.52. The zero-order valence-electron chi connectivity index (χ0n) is 12.5. The number of carbonyl (C=O) groups is 3. The Labute approximate surface area is 123 Å². The summed E-state index contributed by atoms with van der Waals surface area (Å²) in [4.78, 5) is 38.5. The molecule has 21 heavy (non-hydrogen) atoms. The highest BCUT2D eigenvalue weighted by Crippen LogP contribution is 2.30. The van der Waals surface area contributed by atoms with Crippen LogP contribution in [0.4, 0.5) is 4.79 Å².